The molecule has 2 aromatic carbocycles. The highest BCUT2D eigenvalue weighted by atomic mass is 19.1. The second-order valence-corrected chi connectivity index (χ2v) is 6.54. The lowest BCUT2D eigenvalue weighted by atomic mass is 9.92. The lowest BCUT2D eigenvalue weighted by Gasteiger charge is -2.22. The van der Waals surface area contributed by atoms with E-state index in [0.717, 1.165) is 10.5 Å². The van der Waals surface area contributed by atoms with Crippen LogP contribution in [0.2, 0.25) is 0 Å². The van der Waals surface area contributed by atoms with E-state index in [-0.39, 0.29) is 12.4 Å². The van der Waals surface area contributed by atoms with Crippen molar-refractivity contribution in [1.29, 1.82) is 0 Å². The third-order valence-electron chi connectivity index (χ3n) is 4.58. The standard InChI is InChI=1S/C20H20FN3O3/c1-20(15-5-3-2-4-6-15)18(26)24(19(27)23-20)13-17(25)22-12-11-14-7-9-16(21)10-8-14/h2-10H,11-13H2,1H3,(H,22,25)(H,23,27). The molecule has 1 atom stereocenters. The Morgan fingerprint density at radius 1 is 1.11 bits per heavy atom. The Balaban J connectivity index is 1.57. The lowest BCUT2D eigenvalue weighted by Crippen LogP contribution is -2.43. The third-order valence-corrected chi connectivity index (χ3v) is 4.58. The molecular weight excluding hydrogens is 349 g/mol. The molecule has 0 aliphatic carbocycles. The van der Waals surface area contributed by atoms with E-state index in [4.69, 9.17) is 0 Å². The van der Waals surface area contributed by atoms with Crippen molar-refractivity contribution in [3.8, 4) is 0 Å². The summed E-state index contributed by atoms with van der Waals surface area (Å²) in [6.45, 7) is 1.59. The first kappa shape index (κ1) is 18.6. The van der Waals surface area contributed by atoms with E-state index >= 15 is 0 Å². The maximum absolute atomic E-state index is 12.9. The molecule has 0 aromatic heterocycles. The molecule has 1 saturated heterocycles. The topological polar surface area (TPSA) is 78.5 Å². The van der Waals surface area contributed by atoms with Crippen molar-refractivity contribution >= 4 is 17.8 Å². The molecular formula is C20H20FN3O3. The fourth-order valence-corrected chi connectivity index (χ4v) is 3.00. The van der Waals surface area contributed by atoms with Gasteiger partial charge in [-0.3, -0.25) is 14.5 Å². The summed E-state index contributed by atoms with van der Waals surface area (Å²) in [6.07, 6.45) is 0.522. The number of halogens is 1. The van der Waals surface area contributed by atoms with Crippen LogP contribution in [-0.4, -0.2) is 35.8 Å². The zero-order valence-electron chi connectivity index (χ0n) is 14.9. The SMILES string of the molecule is CC1(c2ccccc2)NC(=O)N(CC(=O)NCCc2ccc(F)cc2)C1=O. The zero-order chi connectivity index (χ0) is 19.4. The number of carbonyl (C=O) groups excluding carboxylic acids is 3. The minimum atomic E-state index is -1.19. The number of imide groups is 1. The van der Waals surface area contributed by atoms with Crippen LogP contribution in [0, 0.1) is 5.82 Å². The van der Waals surface area contributed by atoms with Crippen molar-refractivity contribution in [1.82, 2.24) is 15.5 Å². The summed E-state index contributed by atoms with van der Waals surface area (Å²) in [5.74, 6) is -1.21. The molecule has 0 spiro atoms. The molecule has 0 saturated carbocycles. The van der Waals surface area contributed by atoms with Gasteiger partial charge in [0.05, 0.1) is 0 Å². The fraction of sp³-hybridized carbons (Fsp3) is 0.250. The molecule has 0 bridgehead atoms. The van der Waals surface area contributed by atoms with Crippen molar-refractivity contribution in [2.24, 2.45) is 0 Å². The van der Waals surface area contributed by atoms with Gasteiger partial charge in [-0.1, -0.05) is 42.5 Å². The van der Waals surface area contributed by atoms with Gasteiger partial charge in [0.2, 0.25) is 5.91 Å². The highest BCUT2D eigenvalue weighted by Crippen LogP contribution is 2.28. The van der Waals surface area contributed by atoms with Crippen LogP contribution in [0.25, 0.3) is 0 Å². The number of nitrogens with zero attached hydrogens (tertiary/aromatic N) is 1. The lowest BCUT2D eigenvalue weighted by molar-refractivity contribution is -0.134. The highest BCUT2D eigenvalue weighted by molar-refractivity contribution is 6.09. The predicted octanol–water partition coefficient (Wildman–Crippen LogP) is 1.95. The third kappa shape index (κ3) is 3.97. The van der Waals surface area contributed by atoms with Crippen molar-refractivity contribution in [3.05, 3.63) is 71.5 Å². The van der Waals surface area contributed by atoms with E-state index in [1.54, 1.807) is 43.3 Å². The molecule has 1 aliphatic heterocycles. The molecule has 6 nitrogen and oxygen atoms in total. The quantitative estimate of drug-likeness (QED) is 0.764. The molecule has 27 heavy (non-hydrogen) atoms. The molecule has 2 N–H and O–H groups in total. The monoisotopic (exact) mass is 369 g/mol. The number of carbonyl (C=O) groups is 3. The number of benzene rings is 2. The Labute approximate surface area is 156 Å². The average molecular weight is 369 g/mol. The Morgan fingerprint density at radius 2 is 1.78 bits per heavy atom. The van der Waals surface area contributed by atoms with Gasteiger partial charge in [0.25, 0.3) is 5.91 Å². The van der Waals surface area contributed by atoms with Crippen molar-refractivity contribution in [3.63, 3.8) is 0 Å². The summed E-state index contributed by atoms with van der Waals surface area (Å²) in [4.78, 5) is 38.0. The summed E-state index contributed by atoms with van der Waals surface area (Å²) >= 11 is 0. The van der Waals surface area contributed by atoms with E-state index in [1.807, 2.05) is 6.07 Å². The van der Waals surface area contributed by atoms with Gasteiger partial charge in [0.15, 0.2) is 0 Å². The Kier molecular flexibility index (Phi) is 5.21. The molecule has 1 aliphatic rings. The number of amides is 4. The molecule has 3 rings (SSSR count). The summed E-state index contributed by atoms with van der Waals surface area (Å²) in [6, 6.07) is 14.3. The Hall–Kier alpha value is -3.22. The van der Waals surface area contributed by atoms with Crippen molar-refractivity contribution < 1.29 is 18.8 Å². The van der Waals surface area contributed by atoms with Crippen LogP contribution >= 0.6 is 0 Å². The molecule has 7 heteroatoms. The van der Waals surface area contributed by atoms with Crippen LogP contribution in [0.4, 0.5) is 9.18 Å². The summed E-state index contributed by atoms with van der Waals surface area (Å²) in [5, 5.41) is 5.34. The van der Waals surface area contributed by atoms with Gasteiger partial charge in [-0.25, -0.2) is 9.18 Å². The number of hydrogen-bond donors (Lipinski definition) is 2. The van der Waals surface area contributed by atoms with Crippen LogP contribution in [0.1, 0.15) is 18.1 Å². The molecule has 0 radical (unpaired) electrons. The van der Waals surface area contributed by atoms with Crippen LogP contribution in [-0.2, 0) is 21.5 Å². The molecule has 140 valence electrons. The highest BCUT2D eigenvalue weighted by Gasteiger charge is 2.49. The molecule has 1 heterocycles. The Bertz CT molecular complexity index is 855. The first-order valence-corrected chi connectivity index (χ1v) is 8.61. The first-order chi connectivity index (χ1) is 12.9. The van der Waals surface area contributed by atoms with Gasteiger partial charge in [-0.2, -0.15) is 0 Å². The van der Waals surface area contributed by atoms with Gasteiger partial charge in [-0.15, -0.1) is 0 Å². The second-order valence-electron chi connectivity index (χ2n) is 6.54. The zero-order valence-corrected chi connectivity index (χ0v) is 14.9. The van der Waals surface area contributed by atoms with Gasteiger partial charge in [0.1, 0.15) is 17.9 Å². The van der Waals surface area contributed by atoms with Crippen LogP contribution in [0.3, 0.4) is 0 Å². The normalized spacial score (nSPS) is 19.1. The number of urea groups is 1. The summed E-state index contributed by atoms with van der Waals surface area (Å²) in [7, 11) is 0. The van der Waals surface area contributed by atoms with Crippen LogP contribution in [0.15, 0.2) is 54.6 Å². The summed E-state index contributed by atoms with van der Waals surface area (Å²) < 4.78 is 12.9. The largest absolute Gasteiger partial charge is 0.354 e. The maximum atomic E-state index is 12.9. The number of rotatable bonds is 6. The van der Waals surface area contributed by atoms with Crippen molar-refractivity contribution in [2.75, 3.05) is 13.1 Å². The average Bonchev–Trinajstić information content (AvgIpc) is 2.88. The van der Waals surface area contributed by atoms with E-state index < -0.39 is 23.4 Å². The van der Waals surface area contributed by atoms with Crippen molar-refractivity contribution in [2.45, 2.75) is 18.9 Å². The van der Waals surface area contributed by atoms with Crippen LogP contribution in [0.5, 0.6) is 0 Å². The van der Waals surface area contributed by atoms with Gasteiger partial charge >= 0.3 is 6.03 Å². The van der Waals surface area contributed by atoms with E-state index in [1.165, 1.54) is 12.1 Å². The van der Waals surface area contributed by atoms with Gasteiger partial charge in [0, 0.05) is 6.54 Å². The van der Waals surface area contributed by atoms with Gasteiger partial charge < -0.3 is 10.6 Å². The molecule has 1 fully saturated rings. The summed E-state index contributed by atoms with van der Waals surface area (Å²) in [5.41, 5.74) is 0.345. The smallest absolute Gasteiger partial charge is 0.325 e. The van der Waals surface area contributed by atoms with E-state index in [0.29, 0.717) is 18.5 Å². The maximum Gasteiger partial charge on any atom is 0.325 e. The minimum absolute atomic E-state index is 0.317. The second kappa shape index (κ2) is 7.57. The van der Waals surface area contributed by atoms with Crippen LogP contribution < -0.4 is 10.6 Å². The van der Waals surface area contributed by atoms with E-state index in [2.05, 4.69) is 10.6 Å². The minimum Gasteiger partial charge on any atom is -0.354 e. The predicted molar refractivity (Wildman–Crippen MR) is 97.2 cm³/mol. The molecule has 4 amide bonds. The number of hydrogen-bond acceptors (Lipinski definition) is 3. The first-order valence-electron chi connectivity index (χ1n) is 8.61. The fourth-order valence-electron chi connectivity index (χ4n) is 3.00. The number of nitrogens with one attached hydrogen (secondary N) is 2. The van der Waals surface area contributed by atoms with E-state index in [9.17, 15) is 18.8 Å². The molecule has 1 unspecified atom stereocenters. The van der Waals surface area contributed by atoms with Gasteiger partial charge in [-0.05, 0) is 36.6 Å². The molecule has 2 aromatic rings. The Morgan fingerprint density at radius 3 is 2.44 bits per heavy atom.